The average molecular weight is 737 g/mol. The largest absolute Gasteiger partial charge is 0.309 e. The minimum atomic E-state index is 0.446. The number of aromatic nitrogens is 2. The Morgan fingerprint density at radius 3 is 1.34 bits per heavy atom. The summed E-state index contributed by atoms with van der Waals surface area (Å²) in [7, 11) is 0. The molecule has 0 radical (unpaired) electrons. The Morgan fingerprint density at radius 2 is 0.810 bits per heavy atom. The summed E-state index contributed by atoms with van der Waals surface area (Å²) in [6.07, 6.45) is 0. The maximum absolute atomic E-state index is 10.5. The van der Waals surface area contributed by atoms with Crippen molar-refractivity contribution in [2.45, 2.75) is 0 Å². The Morgan fingerprint density at radius 1 is 0.379 bits per heavy atom. The van der Waals surface area contributed by atoms with E-state index < -0.39 is 0 Å². The van der Waals surface area contributed by atoms with Gasteiger partial charge in [0.15, 0.2) is 5.69 Å². The molecular formula is C52H28N6. The highest BCUT2D eigenvalue weighted by atomic mass is 15.0. The number of nitriles is 3. The van der Waals surface area contributed by atoms with E-state index in [2.05, 4.69) is 92.9 Å². The third-order valence-electron chi connectivity index (χ3n) is 11.1. The molecule has 10 rings (SSSR count). The first-order valence-electron chi connectivity index (χ1n) is 18.7. The quantitative estimate of drug-likeness (QED) is 0.165. The lowest BCUT2D eigenvalue weighted by Crippen LogP contribution is -1.99. The van der Waals surface area contributed by atoms with Crippen molar-refractivity contribution < 1.29 is 0 Å². The molecule has 0 saturated heterocycles. The highest BCUT2D eigenvalue weighted by Crippen LogP contribution is 2.41. The van der Waals surface area contributed by atoms with Crippen LogP contribution in [-0.2, 0) is 0 Å². The van der Waals surface area contributed by atoms with Crippen molar-refractivity contribution in [2.24, 2.45) is 0 Å². The Balaban J connectivity index is 1.20. The van der Waals surface area contributed by atoms with Crippen LogP contribution in [0.1, 0.15) is 16.7 Å². The summed E-state index contributed by atoms with van der Waals surface area (Å²) >= 11 is 0. The SMILES string of the molecule is [C-]#[N+]c1ccccc1-c1ccc2c3ccccc3n(-c3ccc(C#N)c(-c4cc(-n5c6ccccc6c6ccc(-c7ccccc7C#N)cc65)ccc4C#N)c3)c2c1. The molecule has 0 N–H and O–H groups in total. The Bertz CT molecular complexity index is 3280. The first-order valence-corrected chi connectivity index (χ1v) is 18.7. The van der Waals surface area contributed by atoms with Crippen LogP contribution in [-0.4, -0.2) is 9.13 Å². The molecule has 0 spiro atoms. The molecule has 0 bridgehead atoms. The van der Waals surface area contributed by atoms with Gasteiger partial charge in [-0.2, -0.15) is 15.8 Å². The van der Waals surface area contributed by atoms with Crippen molar-refractivity contribution in [3.8, 4) is 63.0 Å². The molecule has 8 aromatic carbocycles. The van der Waals surface area contributed by atoms with Gasteiger partial charge in [-0.25, -0.2) is 4.85 Å². The molecule has 6 heteroatoms. The smallest absolute Gasteiger partial charge is 0.194 e. The normalized spacial score (nSPS) is 11.0. The molecule has 58 heavy (non-hydrogen) atoms. The maximum Gasteiger partial charge on any atom is 0.194 e. The van der Waals surface area contributed by atoms with Crippen LogP contribution >= 0.6 is 0 Å². The maximum atomic E-state index is 10.5. The van der Waals surface area contributed by atoms with Crippen LogP contribution in [0.3, 0.4) is 0 Å². The Labute approximate surface area is 334 Å². The molecule has 0 saturated carbocycles. The zero-order valence-corrected chi connectivity index (χ0v) is 30.8. The van der Waals surface area contributed by atoms with Crippen molar-refractivity contribution >= 4 is 49.3 Å². The minimum Gasteiger partial charge on any atom is -0.309 e. The Hall–Kier alpha value is -8.68. The van der Waals surface area contributed by atoms with Gasteiger partial charge in [0.1, 0.15) is 0 Å². The number of nitrogens with zero attached hydrogens (tertiary/aromatic N) is 6. The van der Waals surface area contributed by atoms with E-state index in [-0.39, 0.29) is 0 Å². The monoisotopic (exact) mass is 736 g/mol. The second-order valence-electron chi connectivity index (χ2n) is 14.1. The summed E-state index contributed by atoms with van der Waals surface area (Å²) in [5.41, 5.74) is 12.5. The fourth-order valence-corrected chi connectivity index (χ4v) is 8.46. The second kappa shape index (κ2) is 13.6. The summed E-state index contributed by atoms with van der Waals surface area (Å²) in [5.74, 6) is 0. The summed E-state index contributed by atoms with van der Waals surface area (Å²) in [5, 5.41) is 35.3. The van der Waals surface area contributed by atoms with Crippen LogP contribution < -0.4 is 0 Å². The molecule has 2 heterocycles. The van der Waals surface area contributed by atoms with E-state index in [1.165, 1.54) is 0 Å². The average Bonchev–Trinajstić information content (AvgIpc) is 3.80. The van der Waals surface area contributed by atoms with Crippen LogP contribution in [0.4, 0.5) is 5.69 Å². The molecule has 266 valence electrons. The molecular weight excluding hydrogens is 709 g/mol. The molecule has 0 fully saturated rings. The number of fused-ring (bicyclic) bond motifs is 6. The first-order chi connectivity index (χ1) is 28.6. The van der Waals surface area contributed by atoms with Crippen molar-refractivity contribution in [2.75, 3.05) is 0 Å². The van der Waals surface area contributed by atoms with Gasteiger partial charge in [0.25, 0.3) is 0 Å². The molecule has 2 aromatic heterocycles. The standard InChI is InChI=1S/C52H28N6/c1-56-48-15-7-4-12-41(48)34-21-25-45-43-14-6-9-17-50(43)58(52(45)27-34)39-23-19-37(32-55)47(29-39)46-28-38(22-18-36(46)31-54)57-49-16-8-5-13-42(49)44-24-20-33(26-51(44)57)40-11-3-2-10-35(40)30-53/h2-29H. The molecule has 0 aliphatic heterocycles. The summed E-state index contributed by atoms with van der Waals surface area (Å²) in [6.45, 7) is 7.80. The minimum absolute atomic E-state index is 0.446. The highest BCUT2D eigenvalue weighted by Gasteiger charge is 2.20. The zero-order valence-electron chi connectivity index (χ0n) is 30.8. The van der Waals surface area contributed by atoms with Crippen LogP contribution in [0, 0.1) is 40.6 Å². The van der Waals surface area contributed by atoms with Gasteiger partial charge >= 0.3 is 0 Å². The summed E-state index contributed by atoms with van der Waals surface area (Å²) in [6, 6.07) is 63.1. The third kappa shape index (κ3) is 5.23. The highest BCUT2D eigenvalue weighted by molar-refractivity contribution is 6.11. The number of benzene rings is 8. The molecule has 0 unspecified atom stereocenters. The Kier molecular flexibility index (Phi) is 7.92. The van der Waals surface area contributed by atoms with Gasteiger partial charge in [0, 0.05) is 44.0 Å². The predicted molar refractivity (Wildman–Crippen MR) is 232 cm³/mol. The number of rotatable bonds is 5. The van der Waals surface area contributed by atoms with Crippen molar-refractivity contribution in [3.63, 3.8) is 0 Å². The van der Waals surface area contributed by atoms with E-state index in [1.54, 1.807) is 0 Å². The molecule has 0 aliphatic carbocycles. The topological polar surface area (TPSA) is 85.6 Å². The van der Waals surface area contributed by atoms with Crippen molar-refractivity contribution in [3.05, 3.63) is 198 Å². The van der Waals surface area contributed by atoms with E-state index in [1.807, 2.05) is 109 Å². The molecule has 0 aliphatic rings. The number of para-hydroxylation sites is 3. The molecule has 6 nitrogen and oxygen atoms in total. The van der Waals surface area contributed by atoms with Crippen molar-refractivity contribution in [1.29, 1.82) is 15.8 Å². The lowest BCUT2D eigenvalue weighted by atomic mass is 9.95. The zero-order chi connectivity index (χ0) is 39.3. The van der Waals surface area contributed by atoms with Gasteiger partial charge in [0.05, 0.1) is 63.5 Å². The molecule has 0 atom stereocenters. The van der Waals surface area contributed by atoms with Crippen LogP contribution in [0.25, 0.3) is 93.2 Å². The lowest BCUT2D eigenvalue weighted by molar-refractivity contribution is 1.17. The molecule has 10 aromatic rings. The van der Waals surface area contributed by atoms with Crippen LogP contribution in [0.5, 0.6) is 0 Å². The fourth-order valence-electron chi connectivity index (χ4n) is 8.46. The third-order valence-corrected chi connectivity index (χ3v) is 11.1. The van der Waals surface area contributed by atoms with Gasteiger partial charge in [-0.1, -0.05) is 103 Å². The second-order valence-corrected chi connectivity index (χ2v) is 14.1. The van der Waals surface area contributed by atoms with Crippen LogP contribution in [0.2, 0.25) is 0 Å². The van der Waals surface area contributed by atoms with E-state index in [0.29, 0.717) is 33.5 Å². The van der Waals surface area contributed by atoms with Crippen LogP contribution in [0.15, 0.2) is 170 Å². The lowest BCUT2D eigenvalue weighted by Gasteiger charge is -2.15. The summed E-state index contributed by atoms with van der Waals surface area (Å²) < 4.78 is 4.39. The van der Waals surface area contributed by atoms with Gasteiger partial charge in [0.2, 0.25) is 0 Å². The van der Waals surface area contributed by atoms with E-state index >= 15 is 0 Å². The van der Waals surface area contributed by atoms with Gasteiger partial charge in [-0.05, 0) is 89.0 Å². The number of hydrogen-bond acceptors (Lipinski definition) is 3. The van der Waals surface area contributed by atoms with E-state index in [9.17, 15) is 15.8 Å². The summed E-state index contributed by atoms with van der Waals surface area (Å²) in [4.78, 5) is 3.79. The molecule has 0 amide bonds. The van der Waals surface area contributed by atoms with E-state index in [4.69, 9.17) is 6.57 Å². The van der Waals surface area contributed by atoms with Gasteiger partial charge < -0.3 is 9.13 Å². The van der Waals surface area contributed by atoms with Gasteiger partial charge in [-0.3, -0.25) is 0 Å². The predicted octanol–water partition coefficient (Wildman–Crippen LogP) is 13.0. The number of hydrogen-bond donors (Lipinski definition) is 0. The fraction of sp³-hybridized carbons (Fsp3) is 0. The van der Waals surface area contributed by atoms with E-state index in [0.717, 1.165) is 77.2 Å². The first kappa shape index (κ1) is 33.9. The van der Waals surface area contributed by atoms with Gasteiger partial charge in [-0.15, -0.1) is 0 Å². The van der Waals surface area contributed by atoms with Crippen molar-refractivity contribution in [1.82, 2.24) is 9.13 Å².